The first-order chi connectivity index (χ1) is 8.31. The second-order valence-corrected chi connectivity index (χ2v) is 5.03. The van der Waals surface area contributed by atoms with Crippen LogP contribution >= 0.6 is 0 Å². The summed E-state index contributed by atoms with van der Waals surface area (Å²) in [6, 6.07) is 8.84. The first kappa shape index (κ1) is 12.2. The van der Waals surface area contributed by atoms with E-state index in [0.29, 0.717) is 0 Å². The minimum atomic E-state index is 1.08. The van der Waals surface area contributed by atoms with Crippen LogP contribution in [-0.2, 0) is 12.8 Å². The van der Waals surface area contributed by atoms with Gasteiger partial charge in [-0.1, -0.05) is 37.6 Å². The van der Waals surface area contributed by atoms with Crippen LogP contribution in [0.25, 0.3) is 0 Å². The van der Waals surface area contributed by atoms with E-state index in [9.17, 15) is 0 Å². The van der Waals surface area contributed by atoms with Crippen molar-refractivity contribution in [3.8, 4) is 0 Å². The van der Waals surface area contributed by atoms with Crippen LogP contribution in [0.2, 0.25) is 0 Å². The van der Waals surface area contributed by atoms with Crippen LogP contribution in [0.15, 0.2) is 35.5 Å². The second kappa shape index (κ2) is 5.90. The molecular weight excluding hydrogens is 206 g/mol. The Balaban J connectivity index is 2.12. The van der Waals surface area contributed by atoms with E-state index in [1.807, 2.05) is 0 Å². The van der Waals surface area contributed by atoms with E-state index >= 15 is 0 Å². The second-order valence-electron chi connectivity index (χ2n) is 5.03. The van der Waals surface area contributed by atoms with Gasteiger partial charge < -0.3 is 5.73 Å². The zero-order valence-corrected chi connectivity index (χ0v) is 10.8. The number of nitrogens with two attached hydrogens (primary N) is 1. The summed E-state index contributed by atoms with van der Waals surface area (Å²) >= 11 is 0. The number of hydrogen-bond donors (Lipinski definition) is 1. The fourth-order valence-corrected chi connectivity index (χ4v) is 2.60. The highest BCUT2D eigenvalue weighted by atomic mass is 14.6. The van der Waals surface area contributed by atoms with E-state index in [1.165, 1.54) is 48.8 Å². The number of benzene rings is 1. The highest BCUT2D eigenvalue weighted by Gasteiger charge is 2.13. The number of allylic oxidation sites excluding steroid dienone is 2. The Morgan fingerprint density at radius 2 is 1.88 bits per heavy atom. The molecule has 1 aromatic carbocycles. The van der Waals surface area contributed by atoms with Gasteiger partial charge in [0.2, 0.25) is 0 Å². The van der Waals surface area contributed by atoms with Gasteiger partial charge >= 0.3 is 0 Å². The first-order valence-electron chi connectivity index (χ1n) is 6.84. The smallest absolute Gasteiger partial charge is 0.00758 e. The van der Waals surface area contributed by atoms with Crippen molar-refractivity contribution in [1.82, 2.24) is 0 Å². The van der Waals surface area contributed by atoms with Crippen LogP contribution < -0.4 is 5.73 Å². The molecule has 0 spiro atoms. The molecule has 0 atom stereocenters. The molecule has 1 aromatic rings. The summed E-state index contributed by atoms with van der Waals surface area (Å²) in [4.78, 5) is 0. The van der Waals surface area contributed by atoms with Crippen molar-refractivity contribution in [2.75, 3.05) is 0 Å². The van der Waals surface area contributed by atoms with Crippen molar-refractivity contribution in [2.45, 2.75) is 51.9 Å². The molecule has 0 aliphatic heterocycles. The molecule has 1 heteroatoms. The molecule has 92 valence electrons. The molecule has 1 aliphatic rings. The van der Waals surface area contributed by atoms with Crippen molar-refractivity contribution < 1.29 is 0 Å². The third-order valence-corrected chi connectivity index (χ3v) is 3.70. The van der Waals surface area contributed by atoms with Crippen LogP contribution in [0.4, 0.5) is 0 Å². The summed E-state index contributed by atoms with van der Waals surface area (Å²) in [5, 5.41) is 0. The highest BCUT2D eigenvalue weighted by Crippen LogP contribution is 2.27. The van der Waals surface area contributed by atoms with Gasteiger partial charge in [-0.05, 0) is 55.2 Å². The van der Waals surface area contributed by atoms with E-state index in [1.54, 1.807) is 0 Å². The fraction of sp³-hybridized carbons (Fsp3) is 0.500. The van der Waals surface area contributed by atoms with Gasteiger partial charge in [0, 0.05) is 5.70 Å². The van der Waals surface area contributed by atoms with Crippen molar-refractivity contribution in [3.63, 3.8) is 0 Å². The molecule has 0 bridgehead atoms. The Bertz CT molecular complexity index is 404. The average molecular weight is 229 g/mol. The molecule has 0 saturated heterocycles. The van der Waals surface area contributed by atoms with Crippen molar-refractivity contribution in [1.29, 1.82) is 0 Å². The Morgan fingerprint density at radius 1 is 1.12 bits per heavy atom. The van der Waals surface area contributed by atoms with Crippen molar-refractivity contribution >= 4 is 0 Å². The lowest BCUT2D eigenvalue weighted by Crippen LogP contribution is -2.01. The highest BCUT2D eigenvalue weighted by molar-refractivity contribution is 5.33. The number of rotatable bonds is 5. The van der Waals surface area contributed by atoms with Crippen LogP contribution in [0.5, 0.6) is 0 Å². The third kappa shape index (κ3) is 3.12. The zero-order chi connectivity index (χ0) is 12.1. The van der Waals surface area contributed by atoms with E-state index in [2.05, 4.69) is 31.2 Å². The molecule has 0 unspecified atom stereocenters. The van der Waals surface area contributed by atoms with Gasteiger partial charge in [0.25, 0.3) is 0 Å². The van der Waals surface area contributed by atoms with Crippen molar-refractivity contribution in [3.05, 3.63) is 46.7 Å². The molecule has 1 nitrogen and oxygen atoms in total. The molecule has 0 heterocycles. The molecule has 0 fully saturated rings. The minimum absolute atomic E-state index is 1.08. The Hall–Kier alpha value is -1.24. The molecule has 17 heavy (non-hydrogen) atoms. The maximum atomic E-state index is 6.06. The SMILES string of the molecule is CCCCc1ccccc1CC1=C(N)CCC1. The molecule has 2 N–H and O–H groups in total. The molecule has 0 saturated carbocycles. The predicted molar refractivity (Wildman–Crippen MR) is 73.8 cm³/mol. The van der Waals surface area contributed by atoms with Crippen LogP contribution in [0.3, 0.4) is 0 Å². The van der Waals surface area contributed by atoms with Gasteiger partial charge in [-0.15, -0.1) is 0 Å². The summed E-state index contributed by atoms with van der Waals surface area (Å²) < 4.78 is 0. The molecular formula is C16H23N. The van der Waals surface area contributed by atoms with E-state index in [-0.39, 0.29) is 0 Å². The normalized spacial score (nSPS) is 15.6. The summed E-state index contributed by atoms with van der Waals surface area (Å²) in [5.74, 6) is 0. The fourth-order valence-electron chi connectivity index (χ4n) is 2.60. The van der Waals surface area contributed by atoms with Gasteiger partial charge in [-0.2, -0.15) is 0 Å². The predicted octanol–water partition coefficient (Wildman–Crippen LogP) is 3.97. The zero-order valence-electron chi connectivity index (χ0n) is 10.8. The van der Waals surface area contributed by atoms with Gasteiger partial charge in [0.15, 0.2) is 0 Å². The van der Waals surface area contributed by atoms with E-state index in [0.717, 1.165) is 18.5 Å². The number of unbranched alkanes of at least 4 members (excludes halogenated alkanes) is 1. The van der Waals surface area contributed by atoms with Crippen LogP contribution in [0, 0.1) is 0 Å². The topological polar surface area (TPSA) is 26.0 Å². The molecule has 0 radical (unpaired) electrons. The summed E-state index contributed by atoms with van der Waals surface area (Å²) in [6.45, 7) is 2.25. The maximum absolute atomic E-state index is 6.06. The average Bonchev–Trinajstić information content (AvgIpc) is 2.74. The molecule has 0 aromatic heterocycles. The Labute approximate surface area is 105 Å². The Kier molecular flexibility index (Phi) is 4.24. The number of hydrogen-bond acceptors (Lipinski definition) is 1. The molecule has 2 rings (SSSR count). The largest absolute Gasteiger partial charge is 0.402 e. The van der Waals surface area contributed by atoms with Crippen molar-refractivity contribution in [2.24, 2.45) is 5.73 Å². The van der Waals surface area contributed by atoms with E-state index in [4.69, 9.17) is 5.73 Å². The Morgan fingerprint density at radius 3 is 2.53 bits per heavy atom. The molecule has 0 amide bonds. The van der Waals surface area contributed by atoms with Crippen LogP contribution in [0.1, 0.15) is 50.2 Å². The molecule has 1 aliphatic carbocycles. The first-order valence-corrected chi connectivity index (χ1v) is 6.84. The summed E-state index contributed by atoms with van der Waals surface area (Å²) in [5.41, 5.74) is 11.7. The summed E-state index contributed by atoms with van der Waals surface area (Å²) in [6.07, 6.45) is 8.38. The quantitative estimate of drug-likeness (QED) is 0.812. The number of aryl methyl sites for hydroxylation is 1. The maximum Gasteiger partial charge on any atom is 0.00758 e. The van der Waals surface area contributed by atoms with Gasteiger partial charge in [0.1, 0.15) is 0 Å². The van der Waals surface area contributed by atoms with Gasteiger partial charge in [0.05, 0.1) is 0 Å². The standard InChI is InChI=1S/C16H23N/c1-2-3-7-13-8-4-5-9-14(13)12-15-10-6-11-16(15)17/h4-5,8-9H,2-3,6-7,10-12,17H2,1H3. The third-order valence-electron chi connectivity index (χ3n) is 3.70. The lowest BCUT2D eigenvalue weighted by Gasteiger charge is -2.10. The lowest BCUT2D eigenvalue weighted by molar-refractivity contribution is 0.786. The monoisotopic (exact) mass is 229 g/mol. The van der Waals surface area contributed by atoms with Gasteiger partial charge in [-0.3, -0.25) is 0 Å². The lowest BCUT2D eigenvalue weighted by atomic mass is 9.96. The minimum Gasteiger partial charge on any atom is -0.402 e. The van der Waals surface area contributed by atoms with Gasteiger partial charge in [-0.25, -0.2) is 0 Å². The summed E-state index contributed by atoms with van der Waals surface area (Å²) in [7, 11) is 0. The van der Waals surface area contributed by atoms with E-state index < -0.39 is 0 Å². The van der Waals surface area contributed by atoms with Crippen LogP contribution in [-0.4, -0.2) is 0 Å².